The second-order valence-electron chi connectivity index (χ2n) is 5.84. The summed E-state index contributed by atoms with van der Waals surface area (Å²) in [6.45, 7) is 3.62. The molecule has 0 aliphatic carbocycles. The van der Waals surface area contributed by atoms with E-state index in [2.05, 4.69) is 12.2 Å². The predicted octanol–water partition coefficient (Wildman–Crippen LogP) is 1.95. The van der Waals surface area contributed by atoms with Crippen LogP contribution in [-0.2, 0) is 4.74 Å². The molecule has 0 bridgehead atoms. The number of amides is 1. The number of rotatable bonds is 3. The summed E-state index contributed by atoms with van der Waals surface area (Å²) >= 11 is 0. The molecule has 5 nitrogen and oxygen atoms in total. The second-order valence-corrected chi connectivity index (χ2v) is 5.84. The third-order valence-corrected chi connectivity index (χ3v) is 3.58. The van der Waals surface area contributed by atoms with Crippen LogP contribution >= 0.6 is 0 Å². The molecule has 110 valence electrons. The number of carbonyl (C=O) groups is 1. The van der Waals surface area contributed by atoms with Gasteiger partial charge in [0.05, 0.1) is 23.5 Å². The minimum absolute atomic E-state index is 0.0459. The van der Waals surface area contributed by atoms with Gasteiger partial charge < -0.3 is 20.7 Å². The zero-order chi connectivity index (χ0) is 14.8. The topological polar surface area (TPSA) is 67.6 Å². The van der Waals surface area contributed by atoms with Crippen LogP contribution in [0.5, 0.6) is 0 Å². The van der Waals surface area contributed by atoms with Crippen molar-refractivity contribution < 1.29 is 9.53 Å². The summed E-state index contributed by atoms with van der Waals surface area (Å²) in [6, 6.07) is 5.39. The van der Waals surface area contributed by atoms with Crippen molar-refractivity contribution in [1.29, 1.82) is 0 Å². The molecule has 1 saturated heterocycles. The summed E-state index contributed by atoms with van der Waals surface area (Å²) in [5, 5.41) is 3.45. The number of nitrogen functional groups attached to an aromatic ring is 1. The van der Waals surface area contributed by atoms with Crippen molar-refractivity contribution in [3.05, 3.63) is 23.8 Å². The minimum atomic E-state index is -0.0978. The van der Waals surface area contributed by atoms with Gasteiger partial charge in [-0.25, -0.2) is 0 Å². The summed E-state index contributed by atoms with van der Waals surface area (Å²) in [7, 11) is 3.45. The minimum Gasteiger partial charge on any atom is -0.397 e. The lowest BCUT2D eigenvalue weighted by Crippen LogP contribution is -2.43. The number of nitrogens with zero attached hydrogens (tertiary/aromatic N) is 1. The number of nitrogens with one attached hydrogen (secondary N) is 1. The first-order chi connectivity index (χ1) is 9.41. The van der Waals surface area contributed by atoms with Gasteiger partial charge in [0.15, 0.2) is 0 Å². The van der Waals surface area contributed by atoms with E-state index in [0.29, 0.717) is 17.9 Å². The lowest BCUT2D eigenvalue weighted by molar-refractivity contribution is 0.0540. The first-order valence-corrected chi connectivity index (χ1v) is 6.88. The molecule has 1 aliphatic rings. The highest BCUT2D eigenvalue weighted by Gasteiger charge is 2.28. The van der Waals surface area contributed by atoms with Crippen molar-refractivity contribution in [2.75, 3.05) is 38.4 Å². The summed E-state index contributed by atoms with van der Waals surface area (Å²) in [5.41, 5.74) is 8.01. The molecule has 1 unspecified atom stereocenters. The molecule has 20 heavy (non-hydrogen) atoms. The number of ether oxygens (including phenoxy) is 1. The molecule has 0 aromatic heterocycles. The SMILES string of the molecule is CN(C)C(=O)c1ccc(NC2(C)CCCOC2)c(N)c1. The van der Waals surface area contributed by atoms with Crippen LogP contribution in [0.2, 0.25) is 0 Å². The van der Waals surface area contributed by atoms with E-state index in [1.54, 1.807) is 26.2 Å². The van der Waals surface area contributed by atoms with Crippen LogP contribution in [0.3, 0.4) is 0 Å². The van der Waals surface area contributed by atoms with E-state index in [9.17, 15) is 4.79 Å². The smallest absolute Gasteiger partial charge is 0.253 e. The molecule has 1 heterocycles. The zero-order valence-corrected chi connectivity index (χ0v) is 12.4. The fourth-order valence-electron chi connectivity index (χ4n) is 2.43. The van der Waals surface area contributed by atoms with Gasteiger partial charge in [0.1, 0.15) is 0 Å². The van der Waals surface area contributed by atoms with E-state index in [-0.39, 0.29) is 11.4 Å². The van der Waals surface area contributed by atoms with Gasteiger partial charge in [-0.05, 0) is 38.0 Å². The van der Waals surface area contributed by atoms with Crippen LogP contribution in [0.1, 0.15) is 30.1 Å². The standard InChI is InChI=1S/C15H23N3O2/c1-15(7-4-8-20-10-15)17-13-6-5-11(9-12(13)16)14(19)18(2)3/h5-6,9,17H,4,7-8,10,16H2,1-3H3. The third-order valence-electron chi connectivity index (χ3n) is 3.58. The molecule has 1 amide bonds. The van der Waals surface area contributed by atoms with Crippen LogP contribution < -0.4 is 11.1 Å². The highest BCUT2D eigenvalue weighted by Crippen LogP contribution is 2.28. The lowest BCUT2D eigenvalue weighted by Gasteiger charge is -2.35. The summed E-state index contributed by atoms with van der Waals surface area (Å²) in [4.78, 5) is 13.4. The highest BCUT2D eigenvalue weighted by atomic mass is 16.5. The molecule has 1 fully saturated rings. The van der Waals surface area contributed by atoms with Crippen molar-refractivity contribution in [2.45, 2.75) is 25.3 Å². The van der Waals surface area contributed by atoms with Crippen molar-refractivity contribution in [3.8, 4) is 0 Å². The Morgan fingerprint density at radius 1 is 1.45 bits per heavy atom. The molecule has 0 radical (unpaired) electrons. The number of benzene rings is 1. The monoisotopic (exact) mass is 277 g/mol. The average molecular weight is 277 g/mol. The molecule has 1 aromatic carbocycles. The molecule has 1 aliphatic heterocycles. The van der Waals surface area contributed by atoms with Crippen LogP contribution in [0.15, 0.2) is 18.2 Å². The van der Waals surface area contributed by atoms with Crippen molar-refractivity contribution >= 4 is 17.3 Å². The number of nitrogens with two attached hydrogens (primary N) is 1. The summed E-state index contributed by atoms with van der Waals surface area (Å²) in [5.74, 6) is -0.0459. The van der Waals surface area contributed by atoms with Crippen molar-refractivity contribution in [1.82, 2.24) is 4.90 Å². The number of hydrogen-bond acceptors (Lipinski definition) is 4. The van der Waals surface area contributed by atoms with Crippen molar-refractivity contribution in [3.63, 3.8) is 0 Å². The Morgan fingerprint density at radius 2 is 2.20 bits per heavy atom. The molecule has 3 N–H and O–H groups in total. The molecule has 2 rings (SSSR count). The normalized spacial score (nSPS) is 22.4. The molecule has 1 atom stereocenters. The van der Waals surface area contributed by atoms with E-state index >= 15 is 0 Å². The number of carbonyl (C=O) groups excluding carboxylic acids is 1. The van der Waals surface area contributed by atoms with Gasteiger partial charge in [-0.3, -0.25) is 4.79 Å². The Hall–Kier alpha value is -1.75. The quantitative estimate of drug-likeness (QED) is 0.829. The predicted molar refractivity (Wildman–Crippen MR) is 81.0 cm³/mol. The Balaban J connectivity index is 2.15. The molecular formula is C15H23N3O2. The van der Waals surface area contributed by atoms with Crippen LogP contribution in [0.4, 0.5) is 11.4 Å². The Labute approximate surface area is 120 Å². The van der Waals surface area contributed by atoms with E-state index in [1.807, 2.05) is 6.07 Å². The van der Waals surface area contributed by atoms with Crippen molar-refractivity contribution in [2.24, 2.45) is 0 Å². The maximum Gasteiger partial charge on any atom is 0.253 e. The van der Waals surface area contributed by atoms with Crippen LogP contribution in [-0.4, -0.2) is 43.7 Å². The molecule has 5 heteroatoms. The second kappa shape index (κ2) is 5.71. The Kier molecular flexibility index (Phi) is 4.18. The summed E-state index contributed by atoms with van der Waals surface area (Å²) in [6.07, 6.45) is 2.09. The van der Waals surface area contributed by atoms with Gasteiger partial charge in [0, 0.05) is 26.3 Å². The maximum absolute atomic E-state index is 11.9. The van der Waals surface area contributed by atoms with Gasteiger partial charge in [-0.15, -0.1) is 0 Å². The number of anilines is 2. The van der Waals surface area contributed by atoms with Gasteiger partial charge in [0.2, 0.25) is 0 Å². The fourth-order valence-corrected chi connectivity index (χ4v) is 2.43. The van der Waals surface area contributed by atoms with Gasteiger partial charge in [0.25, 0.3) is 5.91 Å². The Morgan fingerprint density at radius 3 is 2.75 bits per heavy atom. The van der Waals surface area contributed by atoms with Gasteiger partial charge in [-0.2, -0.15) is 0 Å². The first kappa shape index (κ1) is 14.7. The molecular weight excluding hydrogens is 254 g/mol. The largest absolute Gasteiger partial charge is 0.397 e. The lowest BCUT2D eigenvalue weighted by atomic mass is 9.94. The fraction of sp³-hybridized carbons (Fsp3) is 0.533. The molecule has 1 aromatic rings. The maximum atomic E-state index is 11.9. The zero-order valence-electron chi connectivity index (χ0n) is 12.4. The summed E-state index contributed by atoms with van der Waals surface area (Å²) < 4.78 is 5.53. The van der Waals surface area contributed by atoms with E-state index in [0.717, 1.165) is 25.1 Å². The average Bonchev–Trinajstić information content (AvgIpc) is 2.40. The van der Waals surface area contributed by atoms with E-state index in [4.69, 9.17) is 10.5 Å². The van der Waals surface area contributed by atoms with Crippen LogP contribution in [0, 0.1) is 0 Å². The van der Waals surface area contributed by atoms with Crippen LogP contribution in [0.25, 0.3) is 0 Å². The van der Waals surface area contributed by atoms with E-state index in [1.165, 1.54) is 4.90 Å². The van der Waals surface area contributed by atoms with E-state index < -0.39 is 0 Å². The number of hydrogen-bond donors (Lipinski definition) is 2. The highest BCUT2D eigenvalue weighted by molar-refractivity contribution is 5.95. The molecule has 0 saturated carbocycles. The van der Waals surface area contributed by atoms with Gasteiger partial charge >= 0.3 is 0 Å². The first-order valence-electron chi connectivity index (χ1n) is 6.88. The third kappa shape index (κ3) is 3.22. The Bertz CT molecular complexity index is 494. The molecule has 0 spiro atoms. The van der Waals surface area contributed by atoms with Gasteiger partial charge in [-0.1, -0.05) is 0 Å².